The van der Waals surface area contributed by atoms with E-state index in [1.807, 2.05) is 18.2 Å². The highest BCUT2D eigenvalue weighted by Crippen LogP contribution is 2.51. The van der Waals surface area contributed by atoms with Gasteiger partial charge in [0, 0.05) is 18.7 Å². The molecule has 0 saturated heterocycles. The highest BCUT2D eigenvalue weighted by Gasteiger charge is 2.45. The number of anilines is 1. The van der Waals surface area contributed by atoms with Crippen molar-refractivity contribution in [3.63, 3.8) is 0 Å². The Morgan fingerprint density at radius 1 is 1.42 bits per heavy atom. The van der Waals surface area contributed by atoms with Crippen LogP contribution in [0.1, 0.15) is 32.3 Å². The Balaban J connectivity index is 1.56. The molecule has 1 aliphatic heterocycles. The van der Waals surface area contributed by atoms with Crippen LogP contribution in [0.5, 0.6) is 0 Å². The van der Waals surface area contributed by atoms with Crippen molar-refractivity contribution >= 4 is 11.6 Å². The zero-order valence-corrected chi connectivity index (χ0v) is 11.7. The van der Waals surface area contributed by atoms with Gasteiger partial charge in [0.25, 0.3) is 0 Å². The summed E-state index contributed by atoms with van der Waals surface area (Å²) in [6.07, 6.45) is 3.31. The molecular weight excluding hydrogens is 236 g/mol. The van der Waals surface area contributed by atoms with Crippen LogP contribution >= 0.6 is 0 Å². The number of carbonyl (C=O) groups is 1. The number of carbonyl (C=O) groups excluding carboxylic acids is 1. The fourth-order valence-corrected chi connectivity index (χ4v) is 2.96. The van der Waals surface area contributed by atoms with Gasteiger partial charge in [0.2, 0.25) is 5.91 Å². The first-order valence-electron chi connectivity index (χ1n) is 7.23. The average Bonchev–Trinajstić information content (AvgIpc) is 3.07. The zero-order valence-electron chi connectivity index (χ0n) is 11.7. The number of rotatable bonds is 4. The van der Waals surface area contributed by atoms with Gasteiger partial charge in [-0.3, -0.25) is 4.79 Å². The zero-order chi connectivity index (χ0) is 13.5. The quantitative estimate of drug-likeness (QED) is 0.871. The lowest BCUT2D eigenvalue weighted by Crippen LogP contribution is -2.41. The number of benzene rings is 1. The summed E-state index contributed by atoms with van der Waals surface area (Å²) in [5.41, 5.74) is 2.72. The third-order valence-electron chi connectivity index (χ3n) is 4.82. The number of nitrogens with one attached hydrogen (secondary N) is 2. The molecule has 2 aliphatic rings. The monoisotopic (exact) mass is 258 g/mol. The van der Waals surface area contributed by atoms with E-state index in [-0.39, 0.29) is 11.9 Å². The summed E-state index contributed by atoms with van der Waals surface area (Å²) in [7, 11) is 0. The molecule has 2 N–H and O–H groups in total. The fourth-order valence-electron chi connectivity index (χ4n) is 2.96. The van der Waals surface area contributed by atoms with E-state index in [0.717, 1.165) is 18.7 Å². The Morgan fingerprint density at radius 2 is 2.16 bits per heavy atom. The largest absolute Gasteiger partial charge is 0.373 e. The topological polar surface area (TPSA) is 41.1 Å². The van der Waals surface area contributed by atoms with E-state index in [0.29, 0.717) is 11.3 Å². The second-order valence-corrected chi connectivity index (χ2v) is 6.29. The predicted octanol–water partition coefficient (Wildman–Crippen LogP) is 2.58. The molecule has 3 rings (SSSR count). The van der Waals surface area contributed by atoms with Crippen LogP contribution in [-0.2, 0) is 11.2 Å². The van der Waals surface area contributed by atoms with Crippen LogP contribution in [-0.4, -0.2) is 18.5 Å². The summed E-state index contributed by atoms with van der Waals surface area (Å²) in [6.45, 7) is 5.34. The molecule has 1 heterocycles. The van der Waals surface area contributed by atoms with Crippen molar-refractivity contribution in [2.45, 2.75) is 39.2 Å². The summed E-state index contributed by atoms with van der Waals surface area (Å²) in [5, 5.41) is 6.45. The summed E-state index contributed by atoms with van der Waals surface area (Å²) >= 11 is 0. The van der Waals surface area contributed by atoms with E-state index in [1.54, 1.807) is 0 Å². The van der Waals surface area contributed by atoms with Crippen molar-refractivity contribution in [1.29, 1.82) is 0 Å². The Labute approximate surface area is 114 Å². The van der Waals surface area contributed by atoms with Gasteiger partial charge in [-0.2, -0.15) is 0 Å². The van der Waals surface area contributed by atoms with Crippen LogP contribution in [0.3, 0.4) is 0 Å². The van der Waals surface area contributed by atoms with Gasteiger partial charge in [-0.25, -0.2) is 0 Å². The van der Waals surface area contributed by atoms with Gasteiger partial charge < -0.3 is 10.6 Å². The molecule has 1 atom stereocenters. The molecule has 1 saturated carbocycles. The Bertz CT molecular complexity index is 466. The predicted molar refractivity (Wildman–Crippen MR) is 77.1 cm³/mol. The minimum atomic E-state index is -0.0969. The molecule has 19 heavy (non-hydrogen) atoms. The average molecular weight is 258 g/mol. The molecule has 102 valence electrons. The maximum absolute atomic E-state index is 12.2. The van der Waals surface area contributed by atoms with Crippen LogP contribution in [0.4, 0.5) is 5.69 Å². The molecule has 0 unspecified atom stereocenters. The van der Waals surface area contributed by atoms with E-state index >= 15 is 0 Å². The molecule has 1 aromatic rings. The van der Waals surface area contributed by atoms with E-state index in [1.165, 1.54) is 18.4 Å². The maximum Gasteiger partial charge on any atom is 0.242 e. The van der Waals surface area contributed by atoms with Gasteiger partial charge in [-0.05, 0) is 35.8 Å². The first kappa shape index (κ1) is 12.5. The molecule has 1 fully saturated rings. The number of amides is 1. The van der Waals surface area contributed by atoms with E-state index in [2.05, 4.69) is 30.5 Å². The molecule has 0 bridgehead atoms. The second kappa shape index (κ2) is 4.55. The molecular formula is C16H22N2O. The van der Waals surface area contributed by atoms with Crippen molar-refractivity contribution in [3.8, 4) is 0 Å². The number of hydrogen-bond acceptors (Lipinski definition) is 2. The van der Waals surface area contributed by atoms with Crippen LogP contribution in [0.2, 0.25) is 0 Å². The number of fused-ring (bicyclic) bond motifs is 1. The molecule has 0 radical (unpaired) electrons. The fraction of sp³-hybridized carbons (Fsp3) is 0.562. The number of para-hydroxylation sites is 1. The van der Waals surface area contributed by atoms with Gasteiger partial charge in [-0.15, -0.1) is 0 Å². The van der Waals surface area contributed by atoms with Crippen LogP contribution in [0.25, 0.3) is 0 Å². The van der Waals surface area contributed by atoms with Crippen molar-refractivity contribution in [3.05, 3.63) is 29.8 Å². The lowest BCUT2D eigenvalue weighted by atomic mass is 9.92. The third-order valence-corrected chi connectivity index (χ3v) is 4.82. The van der Waals surface area contributed by atoms with Gasteiger partial charge in [-0.1, -0.05) is 32.0 Å². The van der Waals surface area contributed by atoms with Gasteiger partial charge in [0.1, 0.15) is 6.04 Å². The Kier molecular flexibility index (Phi) is 3.00. The SMILES string of the molecule is CC(C)C1(CNC(=O)[C@@H]2Cc3ccccc3N2)CC1. The lowest BCUT2D eigenvalue weighted by Gasteiger charge is -2.21. The maximum atomic E-state index is 12.2. The van der Waals surface area contributed by atoms with E-state index < -0.39 is 0 Å². The lowest BCUT2D eigenvalue weighted by molar-refractivity contribution is -0.122. The van der Waals surface area contributed by atoms with Gasteiger partial charge >= 0.3 is 0 Å². The van der Waals surface area contributed by atoms with Gasteiger partial charge in [0.15, 0.2) is 0 Å². The third kappa shape index (κ3) is 2.34. The summed E-state index contributed by atoms with van der Waals surface area (Å²) in [4.78, 5) is 12.2. The highest BCUT2D eigenvalue weighted by molar-refractivity contribution is 5.87. The molecule has 0 aromatic heterocycles. The van der Waals surface area contributed by atoms with Crippen molar-refractivity contribution in [2.24, 2.45) is 11.3 Å². The smallest absolute Gasteiger partial charge is 0.242 e. The summed E-state index contributed by atoms with van der Waals surface area (Å²) in [5.74, 6) is 0.796. The Hall–Kier alpha value is -1.51. The molecule has 1 aromatic carbocycles. The van der Waals surface area contributed by atoms with Crippen molar-refractivity contribution < 1.29 is 4.79 Å². The molecule has 3 nitrogen and oxygen atoms in total. The highest BCUT2D eigenvalue weighted by atomic mass is 16.2. The van der Waals surface area contributed by atoms with Gasteiger partial charge in [0.05, 0.1) is 0 Å². The second-order valence-electron chi connectivity index (χ2n) is 6.29. The minimum absolute atomic E-state index is 0.0969. The normalized spacial score (nSPS) is 22.8. The van der Waals surface area contributed by atoms with Crippen LogP contribution in [0, 0.1) is 11.3 Å². The summed E-state index contributed by atoms with van der Waals surface area (Å²) < 4.78 is 0. The van der Waals surface area contributed by atoms with Crippen molar-refractivity contribution in [2.75, 3.05) is 11.9 Å². The van der Waals surface area contributed by atoms with E-state index in [9.17, 15) is 4.79 Å². The molecule has 3 heteroatoms. The molecule has 0 spiro atoms. The Morgan fingerprint density at radius 3 is 2.79 bits per heavy atom. The van der Waals surface area contributed by atoms with Crippen LogP contribution < -0.4 is 10.6 Å². The number of hydrogen-bond donors (Lipinski definition) is 2. The minimum Gasteiger partial charge on any atom is -0.373 e. The first-order valence-corrected chi connectivity index (χ1v) is 7.23. The molecule has 1 amide bonds. The van der Waals surface area contributed by atoms with Crippen molar-refractivity contribution in [1.82, 2.24) is 5.32 Å². The van der Waals surface area contributed by atoms with E-state index in [4.69, 9.17) is 0 Å². The first-order chi connectivity index (χ1) is 9.11. The van der Waals surface area contributed by atoms with Crippen LogP contribution in [0.15, 0.2) is 24.3 Å². The molecule has 1 aliphatic carbocycles. The summed E-state index contributed by atoms with van der Waals surface area (Å²) in [6, 6.07) is 8.06. The standard InChI is InChI=1S/C16H22N2O/c1-11(2)16(7-8-16)10-17-15(19)14-9-12-5-3-4-6-13(12)18-14/h3-6,11,14,18H,7-10H2,1-2H3,(H,17,19)/t14-/m0/s1.